The molecule has 2 N–H and O–H groups in total. The molecule has 156 valence electrons. The van der Waals surface area contributed by atoms with E-state index in [0.29, 0.717) is 28.6 Å². The van der Waals surface area contributed by atoms with Gasteiger partial charge in [0.25, 0.3) is 0 Å². The van der Waals surface area contributed by atoms with Crippen LogP contribution in [0.5, 0.6) is 11.6 Å². The van der Waals surface area contributed by atoms with Crippen molar-refractivity contribution in [3.05, 3.63) is 71.9 Å². The Balaban J connectivity index is 1.50. The van der Waals surface area contributed by atoms with Crippen LogP contribution >= 0.6 is 0 Å². The topological polar surface area (TPSA) is 88.1 Å². The van der Waals surface area contributed by atoms with E-state index in [1.165, 1.54) is 0 Å². The van der Waals surface area contributed by atoms with Crippen molar-refractivity contribution in [2.45, 2.75) is 37.7 Å². The molecule has 6 heteroatoms. The predicted molar refractivity (Wildman–Crippen MR) is 118 cm³/mol. The zero-order valence-electron chi connectivity index (χ0n) is 17.0. The van der Waals surface area contributed by atoms with Crippen LogP contribution in [-0.2, 0) is 0 Å². The van der Waals surface area contributed by atoms with E-state index in [1.807, 2.05) is 42.5 Å². The van der Waals surface area contributed by atoms with Gasteiger partial charge >= 0.3 is 0 Å². The van der Waals surface area contributed by atoms with Crippen molar-refractivity contribution in [1.29, 1.82) is 0 Å². The van der Waals surface area contributed by atoms with Gasteiger partial charge in [-0.05, 0) is 61.6 Å². The number of carbonyl (C=O) groups is 1. The van der Waals surface area contributed by atoms with E-state index < -0.39 is 0 Å². The Hall–Kier alpha value is -3.51. The molecule has 6 nitrogen and oxygen atoms in total. The summed E-state index contributed by atoms with van der Waals surface area (Å²) >= 11 is 0. The minimum atomic E-state index is -0.279. The molecule has 31 heavy (non-hydrogen) atoms. The first-order valence-electron chi connectivity index (χ1n) is 10.6. The number of para-hydroxylation sites is 2. The van der Waals surface area contributed by atoms with Gasteiger partial charge in [0.2, 0.25) is 5.88 Å². The maximum Gasteiger partial charge on any atom is 0.222 e. The second-order valence-electron chi connectivity index (χ2n) is 7.99. The molecule has 0 unspecified atom stereocenters. The van der Waals surface area contributed by atoms with Gasteiger partial charge in [-0.2, -0.15) is 0 Å². The fourth-order valence-corrected chi connectivity index (χ4v) is 4.34. The van der Waals surface area contributed by atoms with E-state index >= 15 is 0 Å². The minimum Gasteiger partial charge on any atom is -0.439 e. The molecule has 1 fully saturated rings. The zero-order valence-corrected chi connectivity index (χ0v) is 17.0. The fourth-order valence-electron chi connectivity index (χ4n) is 4.34. The van der Waals surface area contributed by atoms with Gasteiger partial charge in [-0.3, -0.25) is 4.79 Å². The molecule has 0 saturated heterocycles. The molecule has 1 saturated carbocycles. The van der Waals surface area contributed by atoms with Crippen molar-refractivity contribution in [3.8, 4) is 23.0 Å². The lowest BCUT2D eigenvalue weighted by Crippen LogP contribution is -2.18. The summed E-state index contributed by atoms with van der Waals surface area (Å²) in [4.78, 5) is 24.0. The summed E-state index contributed by atoms with van der Waals surface area (Å²) < 4.78 is 6.18. The smallest absolute Gasteiger partial charge is 0.222 e. The Morgan fingerprint density at radius 2 is 2.00 bits per heavy atom. The summed E-state index contributed by atoms with van der Waals surface area (Å²) in [6, 6.07) is 17.0. The lowest BCUT2D eigenvalue weighted by molar-refractivity contribution is 0.112. The summed E-state index contributed by atoms with van der Waals surface area (Å²) in [6.45, 7) is 0. The number of hydrogen-bond donors (Lipinski definition) is 2. The molecule has 0 aliphatic heterocycles. The van der Waals surface area contributed by atoms with Gasteiger partial charge in [0.05, 0.1) is 17.1 Å². The van der Waals surface area contributed by atoms with E-state index in [-0.39, 0.29) is 12.0 Å². The number of aliphatic hydroxyl groups excluding tert-OH is 1. The number of imidazole rings is 1. The SMILES string of the molecule is O=Cc1ccc(Oc2ncccc2[C@H]2CCC[C@H](O)C2)cc1-c1nc2ccccc2[nH]1. The molecule has 0 amide bonds. The Morgan fingerprint density at radius 1 is 1.10 bits per heavy atom. The molecular weight excluding hydrogens is 390 g/mol. The van der Waals surface area contributed by atoms with Crippen LogP contribution in [0.25, 0.3) is 22.4 Å². The number of nitrogens with zero attached hydrogens (tertiary/aromatic N) is 2. The van der Waals surface area contributed by atoms with Gasteiger partial charge in [0.15, 0.2) is 6.29 Å². The first kappa shape index (κ1) is 19.5. The standard InChI is InChI=1S/C25H23N3O3/c29-15-17-10-11-19(14-21(17)24-27-22-8-1-2-9-23(22)28-24)31-25-20(7-4-12-26-25)16-5-3-6-18(30)13-16/h1-2,4,7-12,14-16,18,30H,3,5-6,13H2,(H,27,28)/t16-,18-/m0/s1. The van der Waals surface area contributed by atoms with Crippen LogP contribution in [0.15, 0.2) is 60.8 Å². The molecule has 5 rings (SSSR count). The largest absolute Gasteiger partial charge is 0.439 e. The van der Waals surface area contributed by atoms with E-state index in [9.17, 15) is 9.90 Å². The number of aldehydes is 1. The highest BCUT2D eigenvalue weighted by Gasteiger charge is 2.25. The number of benzene rings is 2. The Bertz CT molecular complexity index is 1200. The van der Waals surface area contributed by atoms with Crippen LogP contribution in [0, 0.1) is 0 Å². The van der Waals surface area contributed by atoms with Crippen LogP contribution < -0.4 is 4.74 Å². The molecule has 4 aromatic rings. The van der Waals surface area contributed by atoms with E-state index in [2.05, 4.69) is 15.0 Å². The first-order chi connectivity index (χ1) is 15.2. The number of rotatable bonds is 5. The van der Waals surface area contributed by atoms with Gasteiger partial charge in [-0.1, -0.05) is 24.6 Å². The highest BCUT2D eigenvalue weighted by molar-refractivity contribution is 5.89. The molecule has 0 spiro atoms. The fraction of sp³-hybridized carbons (Fsp3) is 0.240. The molecular formula is C25H23N3O3. The number of H-pyrrole nitrogens is 1. The first-order valence-corrected chi connectivity index (χ1v) is 10.6. The molecule has 0 radical (unpaired) electrons. The molecule has 2 aromatic carbocycles. The van der Waals surface area contributed by atoms with Crippen molar-refractivity contribution in [2.75, 3.05) is 0 Å². The third kappa shape index (κ3) is 3.94. The molecule has 1 aliphatic carbocycles. The number of ether oxygens (including phenoxy) is 1. The Morgan fingerprint density at radius 3 is 2.84 bits per heavy atom. The number of hydrogen-bond acceptors (Lipinski definition) is 5. The van der Waals surface area contributed by atoms with Crippen LogP contribution in [0.2, 0.25) is 0 Å². The monoisotopic (exact) mass is 413 g/mol. The van der Waals surface area contributed by atoms with Crippen LogP contribution in [0.1, 0.15) is 47.5 Å². The van der Waals surface area contributed by atoms with Gasteiger partial charge < -0.3 is 14.8 Å². The van der Waals surface area contributed by atoms with Gasteiger partial charge in [-0.25, -0.2) is 9.97 Å². The average Bonchev–Trinajstić information content (AvgIpc) is 3.24. The lowest BCUT2D eigenvalue weighted by Gasteiger charge is -2.27. The molecule has 1 aliphatic rings. The maximum atomic E-state index is 11.7. The van der Waals surface area contributed by atoms with Crippen LogP contribution in [-0.4, -0.2) is 32.4 Å². The summed E-state index contributed by atoms with van der Waals surface area (Å²) in [7, 11) is 0. The average molecular weight is 413 g/mol. The minimum absolute atomic E-state index is 0.219. The number of aromatic nitrogens is 3. The van der Waals surface area contributed by atoms with Crippen molar-refractivity contribution >= 4 is 17.3 Å². The zero-order chi connectivity index (χ0) is 21.2. The highest BCUT2D eigenvalue weighted by Crippen LogP contribution is 2.38. The van der Waals surface area contributed by atoms with Crippen molar-refractivity contribution < 1.29 is 14.6 Å². The lowest BCUT2D eigenvalue weighted by atomic mass is 9.83. The number of fused-ring (bicyclic) bond motifs is 1. The Kier molecular flexibility index (Phi) is 5.22. The number of nitrogens with one attached hydrogen (secondary N) is 1. The van der Waals surface area contributed by atoms with E-state index in [1.54, 1.807) is 18.3 Å². The van der Waals surface area contributed by atoms with E-state index in [4.69, 9.17) is 4.74 Å². The summed E-state index contributed by atoms with van der Waals surface area (Å²) in [5.74, 6) is 1.95. The van der Waals surface area contributed by atoms with Gasteiger partial charge in [0.1, 0.15) is 11.6 Å². The highest BCUT2D eigenvalue weighted by atomic mass is 16.5. The van der Waals surface area contributed by atoms with Crippen molar-refractivity contribution in [1.82, 2.24) is 15.0 Å². The molecule has 2 atom stereocenters. The Labute approximate surface area is 179 Å². The van der Waals surface area contributed by atoms with E-state index in [0.717, 1.165) is 48.6 Å². The third-order valence-electron chi connectivity index (χ3n) is 5.90. The molecule has 2 heterocycles. The summed E-state index contributed by atoms with van der Waals surface area (Å²) in [5.41, 5.74) is 3.95. The van der Waals surface area contributed by atoms with Crippen molar-refractivity contribution in [2.24, 2.45) is 0 Å². The second-order valence-corrected chi connectivity index (χ2v) is 7.99. The quantitative estimate of drug-likeness (QED) is 0.436. The predicted octanol–water partition coefficient (Wildman–Crippen LogP) is 5.25. The normalized spacial score (nSPS) is 18.7. The maximum absolute atomic E-state index is 11.7. The number of pyridine rings is 1. The molecule has 0 bridgehead atoms. The van der Waals surface area contributed by atoms with Gasteiger partial charge in [-0.15, -0.1) is 0 Å². The van der Waals surface area contributed by atoms with Crippen LogP contribution in [0.4, 0.5) is 0 Å². The van der Waals surface area contributed by atoms with Crippen molar-refractivity contribution in [3.63, 3.8) is 0 Å². The summed E-state index contributed by atoms with van der Waals surface area (Å²) in [6.07, 6.45) is 5.81. The molecule has 2 aromatic heterocycles. The van der Waals surface area contributed by atoms with Crippen LogP contribution in [0.3, 0.4) is 0 Å². The second kappa shape index (κ2) is 8.32. The number of aliphatic hydroxyl groups is 1. The van der Waals surface area contributed by atoms with Gasteiger partial charge in [0, 0.05) is 22.9 Å². The number of carbonyl (C=O) groups excluding carboxylic acids is 1. The third-order valence-corrected chi connectivity index (χ3v) is 5.90. The number of aromatic amines is 1. The summed E-state index contributed by atoms with van der Waals surface area (Å²) in [5, 5.41) is 10.1.